The summed E-state index contributed by atoms with van der Waals surface area (Å²) in [5.41, 5.74) is 10.4. The Morgan fingerprint density at radius 3 is 2.62 bits per heavy atom. The number of carbonyl (C=O) groups is 1. The van der Waals surface area contributed by atoms with E-state index in [0.29, 0.717) is 12.2 Å². The van der Waals surface area contributed by atoms with Gasteiger partial charge in [0.2, 0.25) is 0 Å². The van der Waals surface area contributed by atoms with Crippen molar-refractivity contribution >= 4 is 23.5 Å². The highest BCUT2D eigenvalue weighted by molar-refractivity contribution is 7.97. The lowest BCUT2D eigenvalue weighted by Crippen LogP contribution is -2.16. The number of fused-ring (bicyclic) bond motifs is 3. The topological polar surface area (TPSA) is 99.0 Å². The van der Waals surface area contributed by atoms with Gasteiger partial charge in [-0.15, -0.1) is 0 Å². The van der Waals surface area contributed by atoms with Crippen LogP contribution in [0.5, 0.6) is 0 Å². The molecule has 0 aliphatic carbocycles. The second-order valence-electron chi connectivity index (χ2n) is 5.46. The highest BCUT2D eigenvalue weighted by Gasteiger charge is 2.27. The summed E-state index contributed by atoms with van der Waals surface area (Å²) in [6.45, 7) is 0.515. The summed E-state index contributed by atoms with van der Waals surface area (Å²) in [6, 6.07) is 15.7. The molecule has 4 rings (SSSR count). The number of para-hydroxylation sites is 1. The van der Waals surface area contributed by atoms with Gasteiger partial charge in [0.15, 0.2) is 5.69 Å². The predicted octanol–water partition coefficient (Wildman–Crippen LogP) is 2.53. The molecule has 1 aliphatic rings. The van der Waals surface area contributed by atoms with E-state index in [1.54, 1.807) is 4.68 Å². The second-order valence-corrected chi connectivity index (χ2v) is 6.17. The number of amides is 1. The molecule has 7 heteroatoms. The number of anilines is 1. The Balaban J connectivity index is 1.97. The fourth-order valence-corrected chi connectivity index (χ4v) is 3.27. The Bertz CT molecular complexity index is 933. The van der Waals surface area contributed by atoms with Crippen molar-refractivity contribution < 1.29 is 4.79 Å². The first-order valence-electron chi connectivity index (χ1n) is 7.41. The van der Waals surface area contributed by atoms with Crippen LogP contribution in [0.1, 0.15) is 16.1 Å². The zero-order valence-electron chi connectivity index (χ0n) is 12.7. The van der Waals surface area contributed by atoms with E-state index < -0.39 is 5.91 Å². The maximum Gasteiger partial charge on any atom is 0.269 e. The third-order valence-corrected chi connectivity index (χ3v) is 4.62. The lowest BCUT2D eigenvalue weighted by Gasteiger charge is -2.20. The van der Waals surface area contributed by atoms with Gasteiger partial charge in [0, 0.05) is 28.3 Å². The number of carbonyl (C=O) groups excluding carboxylic acids is 1. The maximum atomic E-state index is 11.8. The van der Waals surface area contributed by atoms with Crippen molar-refractivity contribution in [2.45, 2.75) is 11.4 Å². The van der Waals surface area contributed by atoms with Crippen LogP contribution in [0.15, 0.2) is 53.4 Å². The number of hydrogen-bond donors (Lipinski definition) is 3. The molecule has 24 heavy (non-hydrogen) atoms. The van der Waals surface area contributed by atoms with Gasteiger partial charge < -0.3 is 11.1 Å². The maximum absolute atomic E-state index is 11.8. The molecule has 1 aromatic heterocycles. The van der Waals surface area contributed by atoms with Crippen LogP contribution in [-0.4, -0.2) is 15.7 Å². The van der Waals surface area contributed by atoms with Gasteiger partial charge >= 0.3 is 0 Å². The standard InChI is InChI=1S/C17H15N5OS/c18-17(23)15-13-9-20-14-4-2-1-3-12(14)16(13)22(21-15)10-5-7-11(24-19)8-6-10/h1-8,20H,9,19H2,(H2,18,23). The Morgan fingerprint density at radius 1 is 1.17 bits per heavy atom. The third kappa shape index (κ3) is 2.26. The first-order valence-corrected chi connectivity index (χ1v) is 8.29. The average molecular weight is 337 g/mol. The van der Waals surface area contributed by atoms with Gasteiger partial charge in [-0.2, -0.15) is 5.10 Å². The molecule has 2 heterocycles. The van der Waals surface area contributed by atoms with E-state index in [9.17, 15) is 4.79 Å². The van der Waals surface area contributed by atoms with Crippen molar-refractivity contribution in [3.63, 3.8) is 0 Å². The average Bonchev–Trinajstić information content (AvgIpc) is 3.02. The van der Waals surface area contributed by atoms with Gasteiger partial charge in [-0.1, -0.05) is 18.2 Å². The zero-order valence-corrected chi connectivity index (χ0v) is 13.5. The lowest BCUT2D eigenvalue weighted by atomic mass is 9.99. The first-order chi connectivity index (χ1) is 11.7. The van der Waals surface area contributed by atoms with Crippen LogP contribution in [0.25, 0.3) is 16.9 Å². The summed E-state index contributed by atoms with van der Waals surface area (Å²) in [7, 11) is 0. The number of nitrogens with one attached hydrogen (secondary N) is 1. The van der Waals surface area contributed by atoms with Gasteiger partial charge in [-0.25, -0.2) is 4.68 Å². The Hall–Kier alpha value is -2.77. The molecule has 0 fully saturated rings. The van der Waals surface area contributed by atoms with Gasteiger partial charge in [0.05, 0.1) is 11.4 Å². The fraction of sp³-hybridized carbons (Fsp3) is 0.0588. The van der Waals surface area contributed by atoms with Crippen LogP contribution < -0.4 is 16.2 Å². The molecular weight excluding hydrogens is 322 g/mol. The van der Waals surface area contributed by atoms with Crippen LogP contribution in [0, 0.1) is 0 Å². The molecule has 0 saturated heterocycles. The monoisotopic (exact) mass is 337 g/mol. The molecule has 6 nitrogen and oxygen atoms in total. The number of benzene rings is 2. The number of primary amides is 1. The fourth-order valence-electron chi connectivity index (χ4n) is 2.97. The van der Waals surface area contributed by atoms with Crippen molar-refractivity contribution in [1.82, 2.24) is 9.78 Å². The summed E-state index contributed by atoms with van der Waals surface area (Å²) in [5.74, 6) is -0.527. The summed E-state index contributed by atoms with van der Waals surface area (Å²) in [5, 5.41) is 13.4. The molecule has 3 aromatic rings. The van der Waals surface area contributed by atoms with Crippen molar-refractivity contribution in [3.05, 3.63) is 59.8 Å². The summed E-state index contributed by atoms with van der Waals surface area (Å²) < 4.78 is 1.78. The van der Waals surface area contributed by atoms with Crippen molar-refractivity contribution in [2.24, 2.45) is 10.9 Å². The molecule has 5 N–H and O–H groups in total. The van der Waals surface area contributed by atoms with Crippen LogP contribution in [-0.2, 0) is 6.54 Å². The van der Waals surface area contributed by atoms with Gasteiger partial charge in [-0.05, 0) is 42.3 Å². The number of aromatic nitrogens is 2. The van der Waals surface area contributed by atoms with Crippen molar-refractivity contribution in [2.75, 3.05) is 5.32 Å². The van der Waals surface area contributed by atoms with E-state index >= 15 is 0 Å². The molecule has 0 atom stereocenters. The molecule has 1 amide bonds. The van der Waals surface area contributed by atoms with Crippen molar-refractivity contribution in [3.8, 4) is 16.9 Å². The SMILES string of the molecule is NSc1ccc(-n2nc(C(N)=O)c3c2-c2ccccc2NC3)cc1. The lowest BCUT2D eigenvalue weighted by molar-refractivity contribution is 0.0994. The molecule has 0 radical (unpaired) electrons. The minimum atomic E-state index is -0.527. The minimum Gasteiger partial charge on any atom is -0.380 e. The van der Waals surface area contributed by atoms with E-state index in [4.69, 9.17) is 10.9 Å². The third-order valence-electron chi connectivity index (χ3n) is 4.07. The summed E-state index contributed by atoms with van der Waals surface area (Å²) in [4.78, 5) is 12.8. The highest BCUT2D eigenvalue weighted by atomic mass is 32.2. The molecule has 0 unspecified atom stereocenters. The summed E-state index contributed by atoms with van der Waals surface area (Å²) >= 11 is 1.19. The van der Waals surface area contributed by atoms with E-state index in [2.05, 4.69) is 10.4 Å². The smallest absolute Gasteiger partial charge is 0.269 e. The Morgan fingerprint density at radius 2 is 1.92 bits per heavy atom. The largest absolute Gasteiger partial charge is 0.380 e. The van der Waals surface area contributed by atoms with Crippen LogP contribution in [0.2, 0.25) is 0 Å². The summed E-state index contributed by atoms with van der Waals surface area (Å²) in [6.07, 6.45) is 0. The van der Waals surface area contributed by atoms with E-state index in [1.165, 1.54) is 11.9 Å². The molecule has 120 valence electrons. The second kappa shape index (κ2) is 5.70. The van der Waals surface area contributed by atoms with Crippen LogP contribution in [0.3, 0.4) is 0 Å². The van der Waals surface area contributed by atoms with Crippen LogP contribution in [0.4, 0.5) is 5.69 Å². The molecule has 0 saturated carbocycles. The number of nitrogens with zero attached hydrogens (tertiary/aromatic N) is 2. The number of nitrogens with two attached hydrogens (primary N) is 2. The molecule has 1 aliphatic heterocycles. The highest BCUT2D eigenvalue weighted by Crippen LogP contribution is 2.38. The Kier molecular flexibility index (Phi) is 3.51. The Labute approximate surface area is 143 Å². The molecule has 0 bridgehead atoms. The van der Waals surface area contributed by atoms with E-state index in [1.807, 2.05) is 48.5 Å². The van der Waals surface area contributed by atoms with Crippen LogP contribution >= 0.6 is 11.9 Å². The minimum absolute atomic E-state index is 0.296. The first kappa shape index (κ1) is 14.8. The normalized spacial score (nSPS) is 12.2. The number of hydrogen-bond acceptors (Lipinski definition) is 5. The predicted molar refractivity (Wildman–Crippen MR) is 94.9 cm³/mol. The van der Waals surface area contributed by atoms with Gasteiger partial charge in [0.25, 0.3) is 5.91 Å². The van der Waals surface area contributed by atoms with Gasteiger partial charge in [0.1, 0.15) is 0 Å². The molecule has 0 spiro atoms. The molecular formula is C17H15N5OS. The van der Waals surface area contributed by atoms with Crippen molar-refractivity contribution in [1.29, 1.82) is 0 Å². The van der Waals surface area contributed by atoms with Gasteiger partial charge in [-0.3, -0.25) is 9.93 Å². The quantitative estimate of drug-likeness (QED) is 0.638. The number of rotatable bonds is 3. The molecule has 2 aromatic carbocycles. The van der Waals surface area contributed by atoms with E-state index in [0.717, 1.165) is 33.1 Å². The van der Waals surface area contributed by atoms with E-state index in [-0.39, 0.29) is 0 Å². The zero-order chi connectivity index (χ0) is 16.7.